The van der Waals surface area contributed by atoms with Crippen molar-refractivity contribution in [3.63, 3.8) is 0 Å². The number of allylic oxidation sites excluding steroid dienone is 1. The molecule has 6 nitrogen and oxygen atoms in total. The van der Waals surface area contributed by atoms with Gasteiger partial charge in [0.15, 0.2) is 5.16 Å². The zero-order valence-corrected chi connectivity index (χ0v) is 9.14. The number of aliphatic carboxylic acids is 1. The minimum Gasteiger partial charge on any atom is -0.481 e. The number of carboxylic acid groups (broad SMARTS) is 1. The van der Waals surface area contributed by atoms with Gasteiger partial charge in [0.25, 0.3) is 0 Å². The summed E-state index contributed by atoms with van der Waals surface area (Å²) in [7, 11) is 0. The van der Waals surface area contributed by atoms with Gasteiger partial charge in [0.2, 0.25) is 0 Å². The molecule has 0 fully saturated rings. The molecule has 0 spiro atoms. The highest BCUT2D eigenvalue weighted by Crippen LogP contribution is 2.14. The number of carbonyl (C=O) groups is 1. The van der Waals surface area contributed by atoms with E-state index in [0.29, 0.717) is 0 Å². The fourth-order valence-electron chi connectivity index (χ4n) is 0.851. The quantitative estimate of drug-likeness (QED) is 0.742. The summed E-state index contributed by atoms with van der Waals surface area (Å²) in [5, 5.41) is 14.9. The second-order valence-electron chi connectivity index (χ2n) is 2.60. The molecular formula is C7H8ClN3O3S. The molecule has 0 amide bonds. The number of nitrogens with one attached hydrogen (secondary N) is 1. The summed E-state index contributed by atoms with van der Waals surface area (Å²) >= 11 is 6.49. The second kappa shape index (κ2) is 5.04. The fourth-order valence-corrected chi connectivity index (χ4v) is 1.64. The minimum absolute atomic E-state index is 0.110. The molecule has 0 saturated heterocycles. The maximum absolute atomic E-state index is 11.2. The summed E-state index contributed by atoms with van der Waals surface area (Å²) in [5.74, 6) is -1.15. The molecule has 1 aromatic rings. The van der Waals surface area contributed by atoms with Gasteiger partial charge < -0.3 is 5.11 Å². The van der Waals surface area contributed by atoms with Gasteiger partial charge in [-0.15, -0.1) is 5.10 Å². The SMILES string of the molecule is C=C(Cl)Cn1c(SCC(=O)O)n[nH]c1=O. The number of halogens is 1. The van der Waals surface area contributed by atoms with Gasteiger partial charge in [-0.3, -0.25) is 9.36 Å². The average Bonchev–Trinajstić information content (AvgIpc) is 2.44. The molecule has 1 aromatic heterocycles. The first kappa shape index (κ1) is 11.9. The van der Waals surface area contributed by atoms with Crippen molar-refractivity contribution in [2.24, 2.45) is 0 Å². The number of aromatic nitrogens is 3. The predicted molar refractivity (Wildman–Crippen MR) is 56.2 cm³/mol. The Morgan fingerprint density at radius 2 is 2.40 bits per heavy atom. The topological polar surface area (TPSA) is 88.0 Å². The Labute approximate surface area is 93.9 Å². The molecule has 0 aromatic carbocycles. The maximum atomic E-state index is 11.2. The van der Waals surface area contributed by atoms with Gasteiger partial charge in [-0.05, 0) is 0 Å². The van der Waals surface area contributed by atoms with E-state index in [-0.39, 0.29) is 22.5 Å². The number of H-pyrrole nitrogens is 1. The van der Waals surface area contributed by atoms with Crippen molar-refractivity contribution in [2.45, 2.75) is 11.7 Å². The molecule has 15 heavy (non-hydrogen) atoms. The molecule has 0 aliphatic heterocycles. The Balaban J connectivity index is 2.83. The highest BCUT2D eigenvalue weighted by Gasteiger charge is 2.10. The van der Waals surface area contributed by atoms with Gasteiger partial charge in [-0.1, -0.05) is 29.9 Å². The van der Waals surface area contributed by atoms with Crippen LogP contribution in [0.4, 0.5) is 0 Å². The maximum Gasteiger partial charge on any atom is 0.344 e. The van der Waals surface area contributed by atoms with Crippen molar-refractivity contribution in [1.29, 1.82) is 0 Å². The van der Waals surface area contributed by atoms with Crippen LogP contribution in [0.2, 0.25) is 0 Å². The van der Waals surface area contributed by atoms with Crippen LogP contribution in [0.15, 0.2) is 21.6 Å². The molecule has 0 unspecified atom stereocenters. The number of nitrogens with zero attached hydrogens (tertiary/aromatic N) is 2. The van der Waals surface area contributed by atoms with Gasteiger partial charge in [0, 0.05) is 5.03 Å². The molecule has 8 heteroatoms. The van der Waals surface area contributed by atoms with Crippen LogP contribution in [-0.4, -0.2) is 31.6 Å². The number of rotatable bonds is 5. The van der Waals surface area contributed by atoms with Crippen LogP contribution < -0.4 is 5.69 Å². The Hall–Kier alpha value is -1.21. The molecule has 0 aliphatic carbocycles. The number of hydrogen-bond donors (Lipinski definition) is 2. The third-order valence-electron chi connectivity index (χ3n) is 1.38. The van der Waals surface area contributed by atoms with E-state index in [2.05, 4.69) is 16.8 Å². The van der Waals surface area contributed by atoms with Crippen molar-refractivity contribution in [3.05, 3.63) is 22.1 Å². The molecule has 1 rings (SSSR count). The van der Waals surface area contributed by atoms with Crippen LogP contribution in [0.25, 0.3) is 0 Å². The Bertz CT molecular complexity index is 439. The molecule has 0 bridgehead atoms. The second-order valence-corrected chi connectivity index (χ2v) is 4.07. The van der Waals surface area contributed by atoms with E-state index in [1.165, 1.54) is 4.57 Å². The zero-order valence-electron chi connectivity index (χ0n) is 7.57. The van der Waals surface area contributed by atoms with Crippen molar-refractivity contribution in [1.82, 2.24) is 14.8 Å². The Morgan fingerprint density at radius 1 is 1.73 bits per heavy atom. The van der Waals surface area contributed by atoms with E-state index in [4.69, 9.17) is 16.7 Å². The summed E-state index contributed by atoms with van der Waals surface area (Å²) in [6.45, 7) is 3.56. The number of aromatic amines is 1. The van der Waals surface area contributed by atoms with E-state index in [9.17, 15) is 9.59 Å². The van der Waals surface area contributed by atoms with E-state index in [1.54, 1.807) is 0 Å². The summed E-state index contributed by atoms with van der Waals surface area (Å²) in [6.07, 6.45) is 0. The lowest BCUT2D eigenvalue weighted by Crippen LogP contribution is -2.18. The van der Waals surface area contributed by atoms with Crippen LogP contribution in [0.1, 0.15) is 0 Å². The summed E-state index contributed by atoms with van der Waals surface area (Å²) < 4.78 is 1.23. The third-order valence-corrected chi connectivity index (χ3v) is 2.46. The van der Waals surface area contributed by atoms with Crippen LogP contribution in [0.3, 0.4) is 0 Å². The van der Waals surface area contributed by atoms with Gasteiger partial charge in [0.05, 0.1) is 12.3 Å². The van der Waals surface area contributed by atoms with E-state index in [0.717, 1.165) is 11.8 Å². The predicted octanol–water partition coefficient (Wildman–Crippen LogP) is 0.501. The minimum atomic E-state index is -0.980. The van der Waals surface area contributed by atoms with Crippen LogP contribution in [-0.2, 0) is 11.3 Å². The smallest absolute Gasteiger partial charge is 0.344 e. The largest absolute Gasteiger partial charge is 0.481 e. The van der Waals surface area contributed by atoms with Crippen molar-refractivity contribution in [2.75, 3.05) is 5.75 Å². The monoisotopic (exact) mass is 249 g/mol. The zero-order chi connectivity index (χ0) is 11.4. The highest BCUT2D eigenvalue weighted by molar-refractivity contribution is 7.99. The molecule has 0 radical (unpaired) electrons. The van der Waals surface area contributed by atoms with Crippen LogP contribution >= 0.6 is 23.4 Å². The lowest BCUT2D eigenvalue weighted by Gasteiger charge is -2.01. The normalized spacial score (nSPS) is 10.2. The molecule has 0 atom stereocenters. The molecule has 82 valence electrons. The first-order valence-electron chi connectivity index (χ1n) is 3.83. The van der Waals surface area contributed by atoms with Crippen LogP contribution in [0.5, 0.6) is 0 Å². The number of thioether (sulfide) groups is 1. The van der Waals surface area contributed by atoms with Gasteiger partial charge >= 0.3 is 11.7 Å². The lowest BCUT2D eigenvalue weighted by atomic mass is 10.6. The fraction of sp³-hybridized carbons (Fsp3) is 0.286. The lowest BCUT2D eigenvalue weighted by molar-refractivity contribution is -0.133. The molecular weight excluding hydrogens is 242 g/mol. The molecule has 0 aliphatic rings. The van der Waals surface area contributed by atoms with Gasteiger partial charge in [-0.2, -0.15) is 0 Å². The van der Waals surface area contributed by atoms with Crippen molar-refractivity contribution >= 4 is 29.3 Å². The third kappa shape index (κ3) is 3.45. The first-order chi connectivity index (χ1) is 7.00. The van der Waals surface area contributed by atoms with Gasteiger partial charge in [0.1, 0.15) is 0 Å². The summed E-state index contributed by atoms with van der Waals surface area (Å²) in [6, 6.07) is 0. The van der Waals surface area contributed by atoms with Crippen molar-refractivity contribution in [3.8, 4) is 0 Å². The first-order valence-corrected chi connectivity index (χ1v) is 5.20. The van der Waals surface area contributed by atoms with Crippen LogP contribution in [0, 0.1) is 0 Å². The highest BCUT2D eigenvalue weighted by atomic mass is 35.5. The molecule has 1 heterocycles. The standard InChI is InChI=1S/C7H8ClN3O3S/c1-4(8)2-11-6(14)9-10-7(11)15-3-5(12)13/h1-3H2,(H,9,14)(H,12,13). The molecule has 0 saturated carbocycles. The average molecular weight is 250 g/mol. The number of carboxylic acids is 1. The Kier molecular flexibility index (Phi) is 3.98. The number of hydrogen-bond acceptors (Lipinski definition) is 4. The summed E-state index contributed by atoms with van der Waals surface area (Å²) in [5.41, 5.74) is -0.440. The van der Waals surface area contributed by atoms with E-state index < -0.39 is 11.7 Å². The molecule has 2 N–H and O–H groups in total. The Morgan fingerprint density at radius 3 is 2.93 bits per heavy atom. The van der Waals surface area contributed by atoms with Crippen molar-refractivity contribution < 1.29 is 9.90 Å². The van der Waals surface area contributed by atoms with Gasteiger partial charge in [-0.25, -0.2) is 9.89 Å². The van der Waals surface area contributed by atoms with E-state index >= 15 is 0 Å². The summed E-state index contributed by atoms with van der Waals surface area (Å²) in [4.78, 5) is 21.5. The van der Waals surface area contributed by atoms with E-state index in [1.807, 2.05) is 0 Å².